The van der Waals surface area contributed by atoms with E-state index in [0.717, 1.165) is 12.8 Å². The van der Waals surface area contributed by atoms with E-state index < -0.39 is 5.41 Å². The Balaban J connectivity index is 2.31. The number of nitrogens with zero attached hydrogens (tertiary/aromatic N) is 1. The molecule has 0 amide bonds. The van der Waals surface area contributed by atoms with Crippen molar-refractivity contribution < 1.29 is 5.11 Å². The van der Waals surface area contributed by atoms with Crippen molar-refractivity contribution in [3.63, 3.8) is 0 Å². The molecule has 2 heteroatoms. The Bertz CT molecular complexity index is 253. The highest BCUT2D eigenvalue weighted by Crippen LogP contribution is 2.48. The third-order valence-corrected chi connectivity index (χ3v) is 3.31. The first-order valence-electron chi connectivity index (χ1n) is 4.51. The molecule has 0 saturated heterocycles. The predicted octanol–water partition coefficient (Wildman–Crippen LogP) is 1.47. The molecule has 0 aromatic carbocycles. The van der Waals surface area contributed by atoms with E-state index in [1.54, 1.807) is 0 Å². The van der Waals surface area contributed by atoms with Gasteiger partial charge < -0.3 is 5.11 Å². The highest BCUT2D eigenvalue weighted by molar-refractivity contribution is 5.18. The van der Waals surface area contributed by atoms with Gasteiger partial charge in [0.25, 0.3) is 0 Å². The molecular formula is C10H13NO. The lowest BCUT2D eigenvalue weighted by Crippen LogP contribution is -2.40. The summed E-state index contributed by atoms with van der Waals surface area (Å²) in [5.41, 5.74) is -0.447. The molecule has 0 aliphatic heterocycles. The zero-order chi connectivity index (χ0) is 8.60. The third-order valence-electron chi connectivity index (χ3n) is 3.31. The normalized spacial score (nSPS) is 44.3. The SMILES string of the molecule is N#C[C@]1(CO)C[C@H]2C=C[C@@H]1CC2. The van der Waals surface area contributed by atoms with Crippen molar-refractivity contribution in [1.82, 2.24) is 0 Å². The minimum atomic E-state index is -0.447. The molecule has 1 fully saturated rings. The number of hydrogen-bond acceptors (Lipinski definition) is 2. The van der Waals surface area contributed by atoms with E-state index in [4.69, 9.17) is 5.26 Å². The lowest BCUT2D eigenvalue weighted by molar-refractivity contribution is 0.0701. The Hall–Kier alpha value is -0.810. The van der Waals surface area contributed by atoms with Crippen LogP contribution in [0.25, 0.3) is 0 Å². The molecule has 1 saturated carbocycles. The number of fused-ring (bicyclic) bond motifs is 2. The van der Waals surface area contributed by atoms with Crippen molar-refractivity contribution in [1.29, 1.82) is 5.26 Å². The van der Waals surface area contributed by atoms with Gasteiger partial charge in [0, 0.05) is 0 Å². The molecule has 3 atom stereocenters. The first kappa shape index (κ1) is 7.82. The molecule has 1 N–H and O–H groups in total. The summed E-state index contributed by atoms with van der Waals surface area (Å²) in [6.07, 6.45) is 7.47. The van der Waals surface area contributed by atoms with Crippen LogP contribution < -0.4 is 0 Å². The van der Waals surface area contributed by atoms with Crippen molar-refractivity contribution in [2.75, 3.05) is 6.61 Å². The van der Waals surface area contributed by atoms with Crippen LogP contribution in [0, 0.1) is 28.6 Å². The summed E-state index contributed by atoms with van der Waals surface area (Å²) in [4.78, 5) is 0. The average molecular weight is 163 g/mol. The molecule has 0 aromatic heterocycles. The first-order chi connectivity index (χ1) is 5.80. The van der Waals surface area contributed by atoms with E-state index >= 15 is 0 Å². The molecule has 12 heavy (non-hydrogen) atoms. The van der Waals surface area contributed by atoms with Crippen LogP contribution in [-0.2, 0) is 0 Å². The number of aliphatic hydroxyl groups excluding tert-OH is 1. The molecule has 0 radical (unpaired) electrons. The molecule has 0 spiro atoms. The Labute approximate surface area is 72.5 Å². The zero-order valence-electron chi connectivity index (χ0n) is 7.03. The predicted molar refractivity (Wildman–Crippen MR) is 45.1 cm³/mol. The third kappa shape index (κ3) is 0.899. The molecule has 0 unspecified atom stereocenters. The molecule has 0 aromatic rings. The number of allylic oxidation sites excluding steroid dienone is 2. The van der Waals surface area contributed by atoms with Crippen molar-refractivity contribution in [2.24, 2.45) is 17.3 Å². The second kappa shape index (κ2) is 2.60. The van der Waals surface area contributed by atoms with Crippen molar-refractivity contribution in [2.45, 2.75) is 19.3 Å². The lowest BCUT2D eigenvalue weighted by Gasteiger charge is -2.42. The van der Waals surface area contributed by atoms with Gasteiger partial charge in [-0.15, -0.1) is 0 Å². The van der Waals surface area contributed by atoms with Crippen LogP contribution in [0.2, 0.25) is 0 Å². The second-order valence-electron chi connectivity index (χ2n) is 3.96. The number of hydrogen-bond donors (Lipinski definition) is 1. The summed E-state index contributed by atoms with van der Waals surface area (Å²) in [6.45, 7) is 0.0228. The van der Waals surface area contributed by atoms with Gasteiger partial charge in [0.15, 0.2) is 0 Å². The Morgan fingerprint density at radius 3 is 2.58 bits per heavy atom. The van der Waals surface area contributed by atoms with Crippen LogP contribution in [0.15, 0.2) is 12.2 Å². The summed E-state index contributed by atoms with van der Waals surface area (Å²) < 4.78 is 0. The van der Waals surface area contributed by atoms with Crippen LogP contribution in [0.3, 0.4) is 0 Å². The fourth-order valence-electron chi connectivity index (χ4n) is 2.47. The average Bonchev–Trinajstić information content (AvgIpc) is 2.19. The number of nitriles is 1. The quantitative estimate of drug-likeness (QED) is 0.595. The van der Waals surface area contributed by atoms with Crippen LogP contribution in [0.4, 0.5) is 0 Å². The summed E-state index contributed by atoms with van der Waals surface area (Å²) in [7, 11) is 0. The van der Waals surface area contributed by atoms with Crippen molar-refractivity contribution >= 4 is 0 Å². The Morgan fingerprint density at radius 2 is 2.33 bits per heavy atom. The summed E-state index contributed by atoms with van der Waals surface area (Å²) in [6, 6.07) is 2.30. The fraction of sp³-hybridized carbons (Fsp3) is 0.700. The molecule has 3 aliphatic carbocycles. The van der Waals surface area contributed by atoms with Gasteiger partial charge in [0.2, 0.25) is 0 Å². The fourth-order valence-corrected chi connectivity index (χ4v) is 2.47. The first-order valence-corrected chi connectivity index (χ1v) is 4.51. The standard InChI is InChI=1S/C10H13NO/c11-6-10(7-12)5-8-1-3-9(10)4-2-8/h1,3,8-9,12H,2,4-5,7H2/t8-,9+,10-/m0/s1. The van der Waals surface area contributed by atoms with Crippen LogP contribution in [0.5, 0.6) is 0 Å². The van der Waals surface area contributed by atoms with E-state index in [0.29, 0.717) is 11.8 Å². The van der Waals surface area contributed by atoms with Gasteiger partial charge in [-0.2, -0.15) is 5.26 Å². The number of aliphatic hydroxyl groups is 1. The largest absolute Gasteiger partial charge is 0.395 e. The topological polar surface area (TPSA) is 44.0 Å². The smallest absolute Gasteiger partial charge is 0.0871 e. The minimum absolute atomic E-state index is 0.0228. The van der Waals surface area contributed by atoms with Gasteiger partial charge in [0.05, 0.1) is 18.1 Å². The van der Waals surface area contributed by atoms with E-state index in [1.807, 2.05) is 0 Å². The van der Waals surface area contributed by atoms with Crippen molar-refractivity contribution in [3.05, 3.63) is 12.2 Å². The van der Waals surface area contributed by atoms with E-state index in [9.17, 15) is 5.11 Å². The van der Waals surface area contributed by atoms with Gasteiger partial charge in [-0.3, -0.25) is 0 Å². The van der Waals surface area contributed by atoms with E-state index in [1.165, 1.54) is 6.42 Å². The zero-order valence-corrected chi connectivity index (χ0v) is 7.03. The molecule has 2 nitrogen and oxygen atoms in total. The van der Waals surface area contributed by atoms with Gasteiger partial charge in [-0.1, -0.05) is 12.2 Å². The summed E-state index contributed by atoms with van der Waals surface area (Å²) in [5, 5.41) is 18.2. The number of rotatable bonds is 1. The Kier molecular flexibility index (Phi) is 1.69. The van der Waals surface area contributed by atoms with Gasteiger partial charge in [-0.25, -0.2) is 0 Å². The highest BCUT2D eigenvalue weighted by atomic mass is 16.3. The second-order valence-corrected chi connectivity index (χ2v) is 3.96. The lowest BCUT2D eigenvalue weighted by atomic mass is 9.60. The molecule has 2 bridgehead atoms. The van der Waals surface area contributed by atoms with Crippen LogP contribution >= 0.6 is 0 Å². The molecular weight excluding hydrogens is 150 g/mol. The molecule has 0 heterocycles. The van der Waals surface area contributed by atoms with Gasteiger partial charge >= 0.3 is 0 Å². The maximum absolute atomic E-state index is 9.21. The van der Waals surface area contributed by atoms with E-state index in [-0.39, 0.29) is 6.61 Å². The maximum atomic E-state index is 9.21. The van der Waals surface area contributed by atoms with E-state index in [2.05, 4.69) is 18.2 Å². The van der Waals surface area contributed by atoms with Crippen LogP contribution in [0.1, 0.15) is 19.3 Å². The molecule has 64 valence electrons. The minimum Gasteiger partial charge on any atom is -0.395 e. The monoisotopic (exact) mass is 163 g/mol. The Morgan fingerprint density at radius 1 is 1.50 bits per heavy atom. The molecule has 3 rings (SSSR count). The highest BCUT2D eigenvalue weighted by Gasteiger charge is 2.44. The van der Waals surface area contributed by atoms with Gasteiger partial charge in [-0.05, 0) is 31.1 Å². The van der Waals surface area contributed by atoms with Gasteiger partial charge in [0.1, 0.15) is 0 Å². The van der Waals surface area contributed by atoms with Crippen LogP contribution in [-0.4, -0.2) is 11.7 Å². The summed E-state index contributed by atoms with van der Waals surface area (Å²) in [5.74, 6) is 0.847. The summed E-state index contributed by atoms with van der Waals surface area (Å²) >= 11 is 0. The van der Waals surface area contributed by atoms with Crippen molar-refractivity contribution in [3.8, 4) is 6.07 Å². The maximum Gasteiger partial charge on any atom is 0.0871 e. The molecule has 3 aliphatic rings.